The van der Waals surface area contributed by atoms with E-state index in [1.807, 2.05) is 11.6 Å². The zero-order valence-electron chi connectivity index (χ0n) is 11.5. The predicted molar refractivity (Wildman–Crippen MR) is 91.9 cm³/mol. The Balaban J connectivity index is 2.17. The summed E-state index contributed by atoms with van der Waals surface area (Å²) < 4.78 is 2.95. The van der Waals surface area contributed by atoms with E-state index in [0.717, 1.165) is 15.1 Å². The highest BCUT2D eigenvalue weighted by Crippen LogP contribution is 2.30. The summed E-state index contributed by atoms with van der Waals surface area (Å²) in [6.07, 6.45) is 0. The van der Waals surface area contributed by atoms with Gasteiger partial charge in [0.2, 0.25) is 0 Å². The molecule has 1 atom stereocenters. The van der Waals surface area contributed by atoms with Crippen LogP contribution in [0.25, 0.3) is 10.8 Å². The van der Waals surface area contributed by atoms with E-state index >= 15 is 0 Å². The number of anilines is 1. The summed E-state index contributed by atoms with van der Waals surface area (Å²) in [5.41, 5.74) is 8.40. The molecule has 1 heterocycles. The van der Waals surface area contributed by atoms with Crippen LogP contribution in [0.3, 0.4) is 0 Å². The molecule has 0 spiro atoms. The fourth-order valence-electron chi connectivity index (χ4n) is 2.59. The predicted octanol–water partition coefficient (Wildman–Crippen LogP) is 4.14. The van der Waals surface area contributed by atoms with Gasteiger partial charge in [-0.25, -0.2) is 4.68 Å². The number of rotatable bonds is 2. The number of halogens is 1. The Labute approximate surface area is 131 Å². The highest BCUT2D eigenvalue weighted by molar-refractivity contribution is 14.1. The average molecular weight is 377 g/mol. The minimum Gasteiger partial charge on any atom is -0.383 e. The highest BCUT2D eigenvalue weighted by atomic mass is 127. The van der Waals surface area contributed by atoms with Gasteiger partial charge in [0.25, 0.3) is 0 Å². The lowest BCUT2D eigenvalue weighted by Gasteiger charge is -2.16. The van der Waals surface area contributed by atoms with E-state index in [2.05, 4.69) is 77.1 Å². The summed E-state index contributed by atoms with van der Waals surface area (Å²) in [5, 5.41) is 7.08. The second kappa shape index (κ2) is 5.09. The summed E-state index contributed by atoms with van der Waals surface area (Å²) >= 11 is 2.25. The van der Waals surface area contributed by atoms with Crippen molar-refractivity contribution in [2.24, 2.45) is 0 Å². The van der Waals surface area contributed by atoms with Crippen LogP contribution in [0.5, 0.6) is 0 Å². The Morgan fingerprint density at radius 1 is 1.15 bits per heavy atom. The number of nitrogen functional groups attached to an aromatic ring is 1. The summed E-state index contributed by atoms with van der Waals surface area (Å²) in [6, 6.07) is 14.9. The molecule has 4 heteroatoms. The monoisotopic (exact) mass is 377 g/mol. The normalized spacial score (nSPS) is 12.8. The molecule has 102 valence electrons. The Kier molecular flexibility index (Phi) is 3.41. The zero-order chi connectivity index (χ0) is 14.3. The maximum Gasteiger partial charge on any atom is 0.136 e. The molecule has 0 aliphatic carbocycles. The van der Waals surface area contributed by atoms with E-state index in [1.54, 1.807) is 0 Å². The average Bonchev–Trinajstić information content (AvgIpc) is 2.73. The first-order valence-corrected chi connectivity index (χ1v) is 7.65. The number of fused-ring (bicyclic) bond motifs is 1. The van der Waals surface area contributed by atoms with Crippen molar-refractivity contribution in [2.75, 3.05) is 5.73 Å². The van der Waals surface area contributed by atoms with Crippen molar-refractivity contribution in [3.05, 3.63) is 57.3 Å². The molecule has 2 N–H and O–H groups in total. The van der Waals surface area contributed by atoms with Crippen LogP contribution in [0.4, 0.5) is 5.82 Å². The Morgan fingerprint density at radius 2 is 1.85 bits per heavy atom. The molecule has 0 radical (unpaired) electrons. The van der Waals surface area contributed by atoms with Crippen LogP contribution in [0.15, 0.2) is 42.5 Å². The van der Waals surface area contributed by atoms with Gasteiger partial charge in [0.15, 0.2) is 0 Å². The fourth-order valence-corrected chi connectivity index (χ4v) is 2.94. The van der Waals surface area contributed by atoms with E-state index in [4.69, 9.17) is 5.73 Å². The Bertz CT molecular complexity index is 771. The van der Waals surface area contributed by atoms with Crippen LogP contribution >= 0.6 is 22.6 Å². The molecule has 0 saturated carbocycles. The lowest BCUT2D eigenvalue weighted by Crippen LogP contribution is -2.12. The molecule has 0 aliphatic rings. The van der Waals surface area contributed by atoms with E-state index in [0.29, 0.717) is 0 Å². The van der Waals surface area contributed by atoms with Gasteiger partial charge >= 0.3 is 0 Å². The van der Waals surface area contributed by atoms with Crippen molar-refractivity contribution in [1.29, 1.82) is 0 Å². The van der Waals surface area contributed by atoms with Gasteiger partial charge in [-0.3, -0.25) is 0 Å². The molecule has 0 bridgehead atoms. The molecule has 20 heavy (non-hydrogen) atoms. The molecule has 3 aromatic rings. The van der Waals surface area contributed by atoms with Crippen molar-refractivity contribution in [3.63, 3.8) is 0 Å². The third kappa shape index (κ3) is 2.08. The molecule has 3 nitrogen and oxygen atoms in total. The van der Waals surface area contributed by atoms with Crippen molar-refractivity contribution in [3.8, 4) is 0 Å². The van der Waals surface area contributed by atoms with Gasteiger partial charge in [-0.05, 0) is 52.8 Å². The number of hydrogen-bond acceptors (Lipinski definition) is 2. The van der Waals surface area contributed by atoms with Crippen molar-refractivity contribution < 1.29 is 0 Å². The quantitative estimate of drug-likeness (QED) is 0.683. The second-order valence-electron chi connectivity index (χ2n) is 4.97. The van der Waals surface area contributed by atoms with Crippen molar-refractivity contribution in [1.82, 2.24) is 9.78 Å². The maximum atomic E-state index is 6.18. The minimum absolute atomic E-state index is 0.114. The molecular formula is C16H16IN3. The molecular weight excluding hydrogens is 361 g/mol. The third-order valence-electron chi connectivity index (χ3n) is 3.69. The molecule has 0 fully saturated rings. The van der Waals surface area contributed by atoms with Crippen molar-refractivity contribution in [2.45, 2.75) is 19.9 Å². The van der Waals surface area contributed by atoms with Crippen LogP contribution in [0.1, 0.15) is 24.2 Å². The van der Waals surface area contributed by atoms with Gasteiger partial charge in [0.1, 0.15) is 5.82 Å². The summed E-state index contributed by atoms with van der Waals surface area (Å²) in [7, 11) is 0. The number of nitrogens with two attached hydrogens (primary N) is 1. The van der Waals surface area contributed by atoms with Crippen molar-refractivity contribution >= 4 is 39.2 Å². The molecule has 0 saturated heterocycles. The molecule has 1 unspecified atom stereocenters. The molecule has 3 rings (SSSR count). The highest BCUT2D eigenvalue weighted by Gasteiger charge is 2.17. The lowest BCUT2D eigenvalue weighted by atomic mass is 10.00. The largest absolute Gasteiger partial charge is 0.383 e. The lowest BCUT2D eigenvalue weighted by molar-refractivity contribution is 0.572. The number of benzene rings is 2. The first-order valence-electron chi connectivity index (χ1n) is 6.57. The van der Waals surface area contributed by atoms with Crippen LogP contribution in [-0.4, -0.2) is 9.78 Å². The van der Waals surface area contributed by atoms with Gasteiger partial charge in [0, 0.05) is 0 Å². The Morgan fingerprint density at radius 3 is 2.55 bits per heavy atom. The number of nitrogens with zero attached hydrogens (tertiary/aromatic N) is 2. The van der Waals surface area contributed by atoms with Crippen LogP contribution in [-0.2, 0) is 0 Å². The number of aryl methyl sites for hydroxylation is 1. The third-order valence-corrected chi connectivity index (χ3v) is 5.02. The molecule has 0 aliphatic heterocycles. The molecule has 2 aromatic carbocycles. The summed E-state index contributed by atoms with van der Waals surface area (Å²) in [4.78, 5) is 0. The zero-order valence-corrected chi connectivity index (χ0v) is 13.6. The SMILES string of the molecule is Cc1nn(C(C)c2cccc3ccccc23)c(N)c1I. The Hall–Kier alpha value is -1.56. The van der Waals surface area contributed by atoms with Crippen LogP contribution in [0.2, 0.25) is 0 Å². The molecule has 1 aromatic heterocycles. The first kappa shape index (κ1) is 13.4. The fraction of sp³-hybridized carbons (Fsp3) is 0.188. The van der Waals surface area contributed by atoms with E-state index in [-0.39, 0.29) is 6.04 Å². The van der Waals surface area contributed by atoms with E-state index in [1.165, 1.54) is 16.3 Å². The van der Waals surface area contributed by atoms with Gasteiger partial charge in [-0.15, -0.1) is 0 Å². The van der Waals surface area contributed by atoms with E-state index in [9.17, 15) is 0 Å². The minimum atomic E-state index is 0.114. The van der Waals surface area contributed by atoms with E-state index < -0.39 is 0 Å². The topological polar surface area (TPSA) is 43.8 Å². The second-order valence-corrected chi connectivity index (χ2v) is 6.05. The van der Waals surface area contributed by atoms with Gasteiger partial charge in [-0.2, -0.15) is 5.10 Å². The van der Waals surface area contributed by atoms with Crippen LogP contribution in [0, 0.1) is 10.5 Å². The summed E-state index contributed by atoms with van der Waals surface area (Å²) in [6.45, 7) is 4.13. The standard InChI is InChI=1S/C16H16IN3/c1-10-15(17)16(18)20(19-10)11(2)13-9-5-7-12-6-3-4-8-14(12)13/h3-9,11H,18H2,1-2H3. The number of aromatic nitrogens is 2. The van der Waals surface area contributed by atoms with Crippen LogP contribution < -0.4 is 5.73 Å². The van der Waals surface area contributed by atoms with Gasteiger partial charge in [0.05, 0.1) is 15.3 Å². The first-order chi connectivity index (χ1) is 9.59. The number of hydrogen-bond donors (Lipinski definition) is 1. The summed E-state index contributed by atoms with van der Waals surface area (Å²) in [5.74, 6) is 0.739. The van der Waals surface area contributed by atoms with Gasteiger partial charge < -0.3 is 5.73 Å². The van der Waals surface area contributed by atoms with Gasteiger partial charge in [-0.1, -0.05) is 42.5 Å². The molecule has 0 amide bonds. The smallest absolute Gasteiger partial charge is 0.136 e. The maximum absolute atomic E-state index is 6.18.